The summed E-state index contributed by atoms with van der Waals surface area (Å²) in [5, 5.41) is 26.7. The zero-order valence-corrected chi connectivity index (χ0v) is 28.3. The number of imidazole rings is 2. The summed E-state index contributed by atoms with van der Waals surface area (Å²) in [6.45, 7) is 7.77. The molecule has 0 saturated carbocycles. The molecule has 0 aliphatic heterocycles. The second kappa shape index (κ2) is 14.5. The van der Waals surface area contributed by atoms with E-state index < -0.39 is 40.7 Å². The van der Waals surface area contributed by atoms with Crippen LogP contribution in [0.2, 0.25) is 0 Å². The molecule has 0 fully saturated rings. The van der Waals surface area contributed by atoms with Gasteiger partial charge in [-0.05, 0) is 61.1 Å². The average Bonchev–Trinajstić information content (AvgIpc) is 3.58. The van der Waals surface area contributed by atoms with Gasteiger partial charge in [0.15, 0.2) is 0 Å². The minimum absolute atomic E-state index is 0.125. The van der Waals surface area contributed by atoms with Crippen LogP contribution in [0.3, 0.4) is 0 Å². The van der Waals surface area contributed by atoms with Crippen molar-refractivity contribution in [1.29, 1.82) is 0 Å². The molecule has 0 N–H and O–H groups in total. The lowest BCUT2D eigenvalue weighted by molar-refractivity contribution is -0.674. The molecule has 14 heteroatoms. The zero-order chi connectivity index (χ0) is 36.3. The van der Waals surface area contributed by atoms with Crippen molar-refractivity contribution in [3.8, 4) is 0 Å². The van der Waals surface area contributed by atoms with Crippen LogP contribution in [0.5, 0.6) is 0 Å². The van der Waals surface area contributed by atoms with E-state index in [1.165, 1.54) is 23.0 Å². The van der Waals surface area contributed by atoms with Crippen molar-refractivity contribution in [3.05, 3.63) is 95.1 Å². The van der Waals surface area contributed by atoms with Gasteiger partial charge in [0.2, 0.25) is 5.41 Å². The molecule has 8 nitrogen and oxygen atoms in total. The molecular weight excluding hydrogens is 650 g/mol. The Morgan fingerprint density at radius 3 is 1.37 bits per heavy atom. The Hall–Kier alpha value is -4.62. The number of unbranched alkanes of at least 4 members (excludes halogenated alkanes) is 2. The molecule has 0 saturated heterocycles. The maximum Gasteiger partial charge on any atom is 0.411 e. The number of alkyl halides is 6. The standard InChI is InChI=1S/C35H40F6N6O2/c1-7-9-15-46-19-17-44(5)31(46)29(48)42-27-21-25(13-11-23(27)3)33(34(36,37)38,35(39,40)41)26-14-12-24(4)28(22-26)43-30(49)32-45(6)18-20-47(32)16-10-8-2/h11-14,17-22H,7-10,15-16H2,1-6H3. The lowest BCUT2D eigenvalue weighted by atomic mass is 9.72. The Labute approximate surface area is 281 Å². The first-order valence-electron chi connectivity index (χ1n) is 15.9. The number of rotatable bonds is 12. The molecular formula is C35H40F6N6O2. The third-order valence-corrected chi connectivity index (χ3v) is 8.62. The molecule has 4 aromatic rings. The van der Waals surface area contributed by atoms with Crippen LogP contribution in [-0.2, 0) is 32.6 Å². The number of benzene rings is 2. The Bertz CT molecular complexity index is 1720. The first-order chi connectivity index (χ1) is 23.0. The maximum atomic E-state index is 15.2. The first kappa shape index (κ1) is 37.2. The van der Waals surface area contributed by atoms with E-state index >= 15 is 26.3 Å². The van der Waals surface area contributed by atoms with Gasteiger partial charge in [-0.15, -0.1) is 0 Å². The predicted molar refractivity (Wildman–Crippen MR) is 169 cm³/mol. The number of aromatic nitrogens is 4. The van der Waals surface area contributed by atoms with E-state index in [0.29, 0.717) is 25.2 Å². The van der Waals surface area contributed by atoms with Crippen molar-refractivity contribution in [1.82, 2.24) is 9.13 Å². The van der Waals surface area contributed by atoms with E-state index in [1.54, 1.807) is 48.0 Å². The van der Waals surface area contributed by atoms with E-state index in [2.05, 4.69) is 9.98 Å². The van der Waals surface area contributed by atoms with Crippen molar-refractivity contribution in [2.75, 3.05) is 0 Å². The van der Waals surface area contributed by atoms with E-state index in [0.717, 1.165) is 49.9 Å². The molecule has 0 aliphatic carbocycles. The Balaban J connectivity index is 1.93. The number of halogens is 6. The molecule has 0 unspecified atom stereocenters. The van der Waals surface area contributed by atoms with Gasteiger partial charge in [0.25, 0.3) is 11.6 Å². The van der Waals surface area contributed by atoms with Crippen LogP contribution in [-0.4, -0.2) is 33.3 Å². The SMILES string of the molecule is CCCCn1cc[n+](C)c1C([O-])=Nc1cc(C(c2ccc(C)c(N=C([O-])c3n(CCCC)cc[n+]3C)c2)(C(F)(F)F)C(F)(F)F)ccc1C. The molecule has 0 radical (unpaired) electrons. The summed E-state index contributed by atoms with van der Waals surface area (Å²) in [6.07, 6.45) is -2.13. The molecule has 264 valence electrons. The van der Waals surface area contributed by atoms with Gasteiger partial charge in [0, 0.05) is 0 Å². The van der Waals surface area contributed by atoms with Crippen molar-refractivity contribution < 1.29 is 45.7 Å². The number of aryl methyl sites for hydroxylation is 6. The number of hydrogen-bond acceptors (Lipinski definition) is 4. The first-order valence-corrected chi connectivity index (χ1v) is 15.9. The largest absolute Gasteiger partial charge is 0.853 e. The Morgan fingerprint density at radius 1 is 0.673 bits per heavy atom. The Morgan fingerprint density at radius 2 is 1.04 bits per heavy atom. The zero-order valence-electron chi connectivity index (χ0n) is 28.3. The highest BCUT2D eigenvalue weighted by Crippen LogP contribution is 2.57. The highest BCUT2D eigenvalue weighted by molar-refractivity contribution is 5.88. The molecule has 0 bridgehead atoms. The average molecular weight is 691 g/mol. The maximum absolute atomic E-state index is 15.2. The fourth-order valence-corrected chi connectivity index (χ4v) is 5.84. The van der Waals surface area contributed by atoms with Gasteiger partial charge in [0.05, 0.1) is 50.4 Å². The van der Waals surface area contributed by atoms with Gasteiger partial charge in [-0.2, -0.15) is 26.3 Å². The molecule has 2 aromatic carbocycles. The van der Waals surface area contributed by atoms with E-state index in [9.17, 15) is 10.2 Å². The van der Waals surface area contributed by atoms with Gasteiger partial charge in [-0.25, -0.2) is 18.3 Å². The van der Waals surface area contributed by atoms with Gasteiger partial charge in [0.1, 0.15) is 24.8 Å². The molecule has 4 rings (SSSR count). The molecule has 49 heavy (non-hydrogen) atoms. The van der Waals surface area contributed by atoms with Crippen molar-refractivity contribution >= 4 is 23.2 Å². The van der Waals surface area contributed by atoms with Crippen LogP contribution in [0.4, 0.5) is 37.7 Å². The minimum atomic E-state index is -5.92. The monoisotopic (exact) mass is 690 g/mol. The number of hydrogen-bond donors (Lipinski definition) is 0. The lowest BCUT2D eigenvalue weighted by Crippen LogP contribution is -2.54. The summed E-state index contributed by atoms with van der Waals surface area (Å²) in [6, 6.07) is 4.97. The number of nitrogens with zero attached hydrogens (tertiary/aromatic N) is 6. The van der Waals surface area contributed by atoms with Crippen LogP contribution in [0.1, 0.15) is 73.4 Å². The summed E-state index contributed by atoms with van der Waals surface area (Å²) in [5.74, 6) is -1.39. The highest BCUT2D eigenvalue weighted by Gasteiger charge is 2.72. The van der Waals surface area contributed by atoms with Gasteiger partial charge in [-0.3, -0.25) is 9.98 Å². The van der Waals surface area contributed by atoms with Crippen molar-refractivity contribution in [3.63, 3.8) is 0 Å². The van der Waals surface area contributed by atoms with Gasteiger partial charge >= 0.3 is 12.4 Å². The quantitative estimate of drug-likeness (QED) is 0.0858. The summed E-state index contributed by atoms with van der Waals surface area (Å²) in [7, 11) is 3.19. The Kier molecular flexibility index (Phi) is 11.0. The summed E-state index contributed by atoms with van der Waals surface area (Å²) in [4.78, 5) is 8.03. The van der Waals surface area contributed by atoms with E-state index in [-0.39, 0.29) is 34.2 Å². The van der Waals surface area contributed by atoms with Crippen LogP contribution >= 0.6 is 0 Å². The van der Waals surface area contributed by atoms with Crippen LogP contribution in [0.25, 0.3) is 0 Å². The molecule has 2 heterocycles. The third kappa shape index (κ3) is 7.23. The lowest BCUT2D eigenvalue weighted by Gasteiger charge is -2.38. The van der Waals surface area contributed by atoms with E-state index in [4.69, 9.17) is 0 Å². The molecule has 0 spiro atoms. The normalized spacial score (nSPS) is 13.4. The minimum Gasteiger partial charge on any atom is -0.853 e. The topological polar surface area (TPSA) is 88.5 Å². The van der Waals surface area contributed by atoms with Crippen LogP contribution in [0, 0.1) is 13.8 Å². The fourth-order valence-electron chi connectivity index (χ4n) is 5.84. The van der Waals surface area contributed by atoms with E-state index in [1.807, 2.05) is 13.8 Å². The molecule has 0 aliphatic rings. The van der Waals surface area contributed by atoms with Crippen LogP contribution < -0.4 is 19.3 Å². The van der Waals surface area contributed by atoms with Crippen molar-refractivity contribution in [2.24, 2.45) is 24.1 Å². The van der Waals surface area contributed by atoms with Gasteiger partial charge < -0.3 is 10.2 Å². The fraction of sp³-hybridized carbons (Fsp3) is 0.429. The summed E-state index contributed by atoms with van der Waals surface area (Å²) < 4.78 is 97.5. The summed E-state index contributed by atoms with van der Waals surface area (Å²) in [5.41, 5.74) is -7.19. The van der Waals surface area contributed by atoms with Crippen LogP contribution in [0.15, 0.2) is 71.2 Å². The van der Waals surface area contributed by atoms with Crippen molar-refractivity contribution in [2.45, 2.75) is 84.2 Å². The number of aliphatic imine (C=N–C) groups is 2. The second-order valence-electron chi connectivity index (χ2n) is 12.1. The molecule has 0 atom stereocenters. The molecule has 0 amide bonds. The smallest absolute Gasteiger partial charge is 0.411 e. The third-order valence-electron chi connectivity index (χ3n) is 8.62. The molecule has 2 aromatic heterocycles. The second-order valence-corrected chi connectivity index (χ2v) is 12.1. The highest BCUT2D eigenvalue weighted by atomic mass is 19.4. The van der Waals surface area contributed by atoms with Gasteiger partial charge in [-0.1, -0.05) is 51.0 Å². The predicted octanol–water partition coefficient (Wildman–Crippen LogP) is 5.44. The summed E-state index contributed by atoms with van der Waals surface area (Å²) >= 11 is 0.